The standard InChI is InChI=1S/C19H20N6O4/c1-12-15(11-21-25(12)16-6-7-17(26)24-23-16)19(28)22-14-5-3-4-13(10-14)18(27)20-8-9-29-2/h3-7,10-11H,8-9H2,1-2H3,(H,20,27)(H,22,28)(H,24,26). The molecule has 0 unspecified atom stereocenters. The maximum absolute atomic E-state index is 12.7. The van der Waals surface area contributed by atoms with Crippen LogP contribution in [0.1, 0.15) is 26.4 Å². The molecule has 3 N–H and O–H groups in total. The van der Waals surface area contributed by atoms with Crippen LogP contribution in [0.25, 0.3) is 5.82 Å². The molecule has 0 radical (unpaired) electrons. The Bertz CT molecular complexity index is 1070. The highest BCUT2D eigenvalue weighted by Gasteiger charge is 2.16. The van der Waals surface area contributed by atoms with E-state index in [1.54, 1.807) is 38.3 Å². The number of methoxy groups -OCH3 is 1. The van der Waals surface area contributed by atoms with Crippen molar-refractivity contribution in [3.05, 3.63) is 69.8 Å². The molecule has 0 saturated heterocycles. The number of benzene rings is 1. The van der Waals surface area contributed by atoms with Crippen molar-refractivity contribution < 1.29 is 14.3 Å². The number of nitrogens with zero attached hydrogens (tertiary/aromatic N) is 3. The minimum Gasteiger partial charge on any atom is -0.383 e. The number of carbonyl (C=O) groups is 2. The van der Waals surface area contributed by atoms with Crippen molar-refractivity contribution in [2.24, 2.45) is 0 Å². The van der Waals surface area contributed by atoms with E-state index in [1.165, 1.54) is 23.0 Å². The first-order valence-electron chi connectivity index (χ1n) is 8.79. The van der Waals surface area contributed by atoms with Gasteiger partial charge in [0.2, 0.25) is 0 Å². The van der Waals surface area contributed by atoms with Gasteiger partial charge in [0, 0.05) is 31.0 Å². The van der Waals surface area contributed by atoms with Gasteiger partial charge in [0.15, 0.2) is 5.82 Å². The van der Waals surface area contributed by atoms with Gasteiger partial charge < -0.3 is 15.4 Å². The highest BCUT2D eigenvalue weighted by atomic mass is 16.5. The molecule has 10 nitrogen and oxygen atoms in total. The molecule has 0 aliphatic carbocycles. The van der Waals surface area contributed by atoms with E-state index in [1.807, 2.05) is 0 Å². The van der Waals surface area contributed by atoms with E-state index in [0.29, 0.717) is 41.5 Å². The van der Waals surface area contributed by atoms with E-state index in [-0.39, 0.29) is 17.4 Å². The normalized spacial score (nSPS) is 10.6. The van der Waals surface area contributed by atoms with Gasteiger partial charge in [-0.05, 0) is 31.2 Å². The molecule has 0 aliphatic heterocycles. The maximum atomic E-state index is 12.7. The molecular weight excluding hydrogens is 376 g/mol. The number of carbonyl (C=O) groups excluding carboxylic acids is 2. The van der Waals surface area contributed by atoms with E-state index in [0.717, 1.165) is 0 Å². The zero-order valence-corrected chi connectivity index (χ0v) is 15.9. The molecule has 0 atom stereocenters. The summed E-state index contributed by atoms with van der Waals surface area (Å²) in [5, 5.41) is 15.9. The van der Waals surface area contributed by atoms with Gasteiger partial charge in [0.05, 0.1) is 24.1 Å². The molecule has 29 heavy (non-hydrogen) atoms. The molecule has 0 fully saturated rings. The Morgan fingerprint density at radius 1 is 1.21 bits per heavy atom. The Morgan fingerprint density at radius 3 is 2.76 bits per heavy atom. The Kier molecular flexibility index (Phi) is 6.15. The van der Waals surface area contributed by atoms with E-state index >= 15 is 0 Å². The average molecular weight is 396 g/mol. The van der Waals surface area contributed by atoms with Gasteiger partial charge in [0.25, 0.3) is 17.4 Å². The largest absolute Gasteiger partial charge is 0.383 e. The number of H-pyrrole nitrogens is 1. The third-order valence-electron chi connectivity index (χ3n) is 4.11. The van der Waals surface area contributed by atoms with Crippen molar-refractivity contribution in [3.8, 4) is 5.82 Å². The molecule has 0 bridgehead atoms. The Labute approximate surface area is 165 Å². The number of hydrogen-bond donors (Lipinski definition) is 3. The number of amides is 2. The third-order valence-corrected chi connectivity index (χ3v) is 4.11. The van der Waals surface area contributed by atoms with Crippen LogP contribution in [0.15, 0.2) is 47.4 Å². The van der Waals surface area contributed by atoms with Gasteiger partial charge in [-0.2, -0.15) is 10.2 Å². The minimum absolute atomic E-state index is 0.258. The number of nitrogens with one attached hydrogen (secondary N) is 3. The molecule has 2 aromatic heterocycles. The van der Waals surface area contributed by atoms with Crippen molar-refractivity contribution in [2.75, 3.05) is 25.6 Å². The molecule has 10 heteroatoms. The summed E-state index contributed by atoms with van der Waals surface area (Å²) in [4.78, 5) is 36.0. The lowest BCUT2D eigenvalue weighted by Gasteiger charge is -2.08. The Morgan fingerprint density at radius 2 is 2.03 bits per heavy atom. The quantitative estimate of drug-likeness (QED) is 0.509. The Hall–Kier alpha value is -3.79. The number of aromatic nitrogens is 4. The van der Waals surface area contributed by atoms with E-state index < -0.39 is 0 Å². The molecule has 0 aliphatic rings. The summed E-state index contributed by atoms with van der Waals surface area (Å²) in [6.07, 6.45) is 1.42. The van der Waals surface area contributed by atoms with Gasteiger partial charge in [-0.25, -0.2) is 9.78 Å². The van der Waals surface area contributed by atoms with Crippen LogP contribution < -0.4 is 16.2 Å². The smallest absolute Gasteiger partial charge is 0.264 e. The third kappa shape index (κ3) is 4.74. The monoisotopic (exact) mass is 396 g/mol. The summed E-state index contributed by atoms with van der Waals surface area (Å²) in [7, 11) is 1.56. The Balaban J connectivity index is 1.74. The molecule has 0 saturated carbocycles. The SMILES string of the molecule is COCCNC(=O)c1cccc(NC(=O)c2cnn(-c3ccc(=O)[nH]n3)c2C)c1. The molecule has 1 aromatic carbocycles. The number of ether oxygens (including phenoxy) is 1. The minimum atomic E-state index is -0.380. The van der Waals surface area contributed by atoms with E-state index in [4.69, 9.17) is 4.74 Å². The second kappa shape index (κ2) is 8.93. The lowest BCUT2D eigenvalue weighted by atomic mass is 10.1. The second-order valence-electron chi connectivity index (χ2n) is 6.12. The second-order valence-corrected chi connectivity index (χ2v) is 6.12. The van der Waals surface area contributed by atoms with E-state index in [9.17, 15) is 14.4 Å². The molecule has 3 rings (SSSR count). The highest BCUT2D eigenvalue weighted by molar-refractivity contribution is 6.05. The fraction of sp³-hybridized carbons (Fsp3) is 0.211. The zero-order chi connectivity index (χ0) is 20.8. The number of aromatic amines is 1. The number of hydrogen-bond acceptors (Lipinski definition) is 6. The molecule has 2 heterocycles. The van der Waals surface area contributed by atoms with Crippen molar-refractivity contribution in [2.45, 2.75) is 6.92 Å². The lowest BCUT2D eigenvalue weighted by Crippen LogP contribution is -2.27. The molecule has 3 aromatic rings. The predicted octanol–water partition coefficient (Wildman–Crippen LogP) is 0.893. The van der Waals surface area contributed by atoms with Gasteiger partial charge in [0.1, 0.15) is 0 Å². The van der Waals surface area contributed by atoms with Crippen molar-refractivity contribution in [1.29, 1.82) is 0 Å². The van der Waals surface area contributed by atoms with Crippen LogP contribution in [-0.4, -0.2) is 52.1 Å². The van der Waals surface area contributed by atoms with Gasteiger partial charge >= 0.3 is 0 Å². The first-order valence-corrected chi connectivity index (χ1v) is 8.79. The van der Waals surface area contributed by atoms with Crippen molar-refractivity contribution in [1.82, 2.24) is 25.3 Å². The van der Waals surface area contributed by atoms with Gasteiger partial charge in [-0.15, -0.1) is 0 Å². The van der Waals surface area contributed by atoms with Crippen LogP contribution in [0.5, 0.6) is 0 Å². The summed E-state index contributed by atoms with van der Waals surface area (Å²) in [5.74, 6) is -0.253. The summed E-state index contributed by atoms with van der Waals surface area (Å²) in [6.45, 7) is 2.52. The molecule has 150 valence electrons. The van der Waals surface area contributed by atoms with Crippen LogP contribution in [-0.2, 0) is 4.74 Å². The first-order chi connectivity index (χ1) is 14.0. The summed E-state index contributed by atoms with van der Waals surface area (Å²) in [5.41, 5.74) is 1.46. The topological polar surface area (TPSA) is 131 Å². The lowest BCUT2D eigenvalue weighted by molar-refractivity contribution is 0.0936. The first kappa shape index (κ1) is 20.0. The fourth-order valence-electron chi connectivity index (χ4n) is 2.62. The van der Waals surface area contributed by atoms with Crippen LogP contribution in [0, 0.1) is 6.92 Å². The summed E-state index contributed by atoms with van der Waals surface area (Å²) >= 11 is 0. The molecule has 0 spiro atoms. The summed E-state index contributed by atoms with van der Waals surface area (Å²) in [6, 6.07) is 9.44. The fourth-order valence-corrected chi connectivity index (χ4v) is 2.62. The zero-order valence-electron chi connectivity index (χ0n) is 15.9. The number of anilines is 1. The highest BCUT2D eigenvalue weighted by Crippen LogP contribution is 2.16. The van der Waals surface area contributed by atoms with Gasteiger partial charge in [-0.1, -0.05) is 6.07 Å². The van der Waals surface area contributed by atoms with Crippen LogP contribution >= 0.6 is 0 Å². The number of rotatable bonds is 7. The van der Waals surface area contributed by atoms with E-state index in [2.05, 4.69) is 25.9 Å². The molecular formula is C19H20N6O4. The maximum Gasteiger partial charge on any atom is 0.264 e. The summed E-state index contributed by atoms with van der Waals surface area (Å²) < 4.78 is 6.35. The van der Waals surface area contributed by atoms with Crippen LogP contribution in [0.3, 0.4) is 0 Å². The van der Waals surface area contributed by atoms with Gasteiger partial charge in [-0.3, -0.25) is 14.4 Å². The van der Waals surface area contributed by atoms with Crippen molar-refractivity contribution >= 4 is 17.5 Å². The van der Waals surface area contributed by atoms with Crippen LogP contribution in [0.4, 0.5) is 5.69 Å². The average Bonchev–Trinajstić information content (AvgIpc) is 3.10. The van der Waals surface area contributed by atoms with Crippen molar-refractivity contribution in [3.63, 3.8) is 0 Å². The van der Waals surface area contributed by atoms with Crippen LogP contribution in [0.2, 0.25) is 0 Å². The predicted molar refractivity (Wildman–Crippen MR) is 105 cm³/mol. The molecule has 2 amide bonds.